The maximum atomic E-state index is 12.8. The van der Waals surface area contributed by atoms with E-state index in [1.54, 1.807) is 6.07 Å². The van der Waals surface area contributed by atoms with Crippen LogP contribution in [0, 0.1) is 0 Å². The molecule has 0 aromatic heterocycles. The lowest BCUT2D eigenvalue weighted by Crippen LogP contribution is -2.50. The highest BCUT2D eigenvalue weighted by atomic mass is 32.2. The van der Waals surface area contributed by atoms with Gasteiger partial charge in [-0.25, -0.2) is 8.42 Å². The van der Waals surface area contributed by atoms with Crippen molar-refractivity contribution in [2.75, 3.05) is 23.7 Å². The van der Waals surface area contributed by atoms with Gasteiger partial charge in [-0.15, -0.1) is 0 Å². The zero-order valence-corrected chi connectivity index (χ0v) is 19.5. The van der Waals surface area contributed by atoms with Crippen molar-refractivity contribution < 1.29 is 22.7 Å². The number of amides is 1. The number of hydrogen-bond donors (Lipinski definition) is 1. The van der Waals surface area contributed by atoms with Gasteiger partial charge >= 0.3 is 0 Å². The lowest BCUT2D eigenvalue weighted by atomic mass is 9.86. The van der Waals surface area contributed by atoms with Crippen molar-refractivity contribution in [1.82, 2.24) is 5.32 Å². The average molecular weight is 447 g/mol. The molecule has 1 N–H and O–H groups in total. The van der Waals surface area contributed by atoms with E-state index < -0.39 is 16.1 Å². The predicted molar refractivity (Wildman–Crippen MR) is 121 cm³/mol. The SMILES string of the molecule is CCOc1ccc(CNC(=O)[C@H]2CN(S(C)(=O)=O)c3cc(C(C)(C)C)ccc3O2)cc1. The van der Waals surface area contributed by atoms with Crippen molar-refractivity contribution in [2.45, 2.75) is 45.8 Å². The average Bonchev–Trinajstić information content (AvgIpc) is 2.70. The quantitative estimate of drug-likeness (QED) is 0.736. The van der Waals surface area contributed by atoms with E-state index in [0.717, 1.165) is 23.1 Å². The molecule has 0 saturated heterocycles. The standard InChI is InChI=1S/C23H30N2O5S/c1-6-29-18-10-7-16(8-11-18)14-24-22(26)21-15-25(31(5,27)28)19-13-17(23(2,3)4)9-12-20(19)30-21/h7-13,21H,6,14-15H2,1-5H3,(H,24,26)/t21-/m1/s1. The van der Waals surface area contributed by atoms with E-state index in [1.807, 2.05) is 43.3 Å². The smallest absolute Gasteiger partial charge is 0.263 e. The molecule has 2 aromatic rings. The first-order valence-electron chi connectivity index (χ1n) is 10.3. The summed E-state index contributed by atoms with van der Waals surface area (Å²) in [5, 5.41) is 2.83. The summed E-state index contributed by atoms with van der Waals surface area (Å²) >= 11 is 0. The molecule has 7 nitrogen and oxygen atoms in total. The molecule has 0 saturated carbocycles. The van der Waals surface area contributed by atoms with Crippen LogP contribution in [0.2, 0.25) is 0 Å². The Balaban J connectivity index is 1.76. The number of fused-ring (bicyclic) bond motifs is 1. The molecule has 1 heterocycles. The molecule has 3 rings (SSSR count). The molecule has 0 fully saturated rings. The van der Waals surface area contributed by atoms with Crippen LogP contribution in [-0.4, -0.2) is 39.8 Å². The number of benzene rings is 2. The van der Waals surface area contributed by atoms with Crippen LogP contribution in [0.15, 0.2) is 42.5 Å². The van der Waals surface area contributed by atoms with Crippen molar-refractivity contribution in [3.63, 3.8) is 0 Å². The number of nitrogens with zero attached hydrogens (tertiary/aromatic N) is 1. The second-order valence-corrected chi connectivity index (χ2v) is 10.5. The number of nitrogens with one attached hydrogen (secondary N) is 1. The molecule has 8 heteroatoms. The van der Waals surface area contributed by atoms with Crippen LogP contribution < -0.4 is 19.1 Å². The van der Waals surface area contributed by atoms with Crippen molar-refractivity contribution in [1.29, 1.82) is 0 Å². The minimum Gasteiger partial charge on any atom is -0.494 e. The summed E-state index contributed by atoms with van der Waals surface area (Å²) in [6.45, 7) is 8.90. The molecule has 0 bridgehead atoms. The summed E-state index contributed by atoms with van der Waals surface area (Å²) in [4.78, 5) is 12.8. The Kier molecular flexibility index (Phi) is 6.50. The number of hydrogen-bond acceptors (Lipinski definition) is 5. The second-order valence-electron chi connectivity index (χ2n) is 8.63. The first kappa shape index (κ1) is 22.9. The van der Waals surface area contributed by atoms with Crippen molar-refractivity contribution in [2.24, 2.45) is 0 Å². The number of sulfonamides is 1. The summed E-state index contributed by atoms with van der Waals surface area (Å²) in [7, 11) is -3.59. The minimum atomic E-state index is -3.59. The van der Waals surface area contributed by atoms with Gasteiger partial charge in [-0.05, 0) is 47.7 Å². The fraction of sp³-hybridized carbons (Fsp3) is 0.435. The molecule has 0 unspecified atom stereocenters. The van der Waals surface area contributed by atoms with Gasteiger partial charge in [-0.3, -0.25) is 9.10 Å². The monoisotopic (exact) mass is 446 g/mol. The summed E-state index contributed by atoms with van der Waals surface area (Å²) in [5.41, 5.74) is 2.21. The normalized spacial score (nSPS) is 16.3. The zero-order chi connectivity index (χ0) is 22.8. The van der Waals surface area contributed by atoms with Crippen LogP contribution in [0.1, 0.15) is 38.8 Å². The molecule has 168 valence electrons. The van der Waals surface area contributed by atoms with Crippen LogP contribution in [0.5, 0.6) is 11.5 Å². The van der Waals surface area contributed by atoms with Gasteiger partial charge in [-0.1, -0.05) is 39.0 Å². The van der Waals surface area contributed by atoms with Gasteiger partial charge in [-0.2, -0.15) is 0 Å². The fourth-order valence-corrected chi connectivity index (χ4v) is 4.25. The summed E-state index contributed by atoms with van der Waals surface area (Å²) in [6.07, 6.45) is 0.200. The van der Waals surface area contributed by atoms with E-state index in [2.05, 4.69) is 26.1 Å². The van der Waals surface area contributed by atoms with E-state index in [-0.39, 0.29) is 17.9 Å². The Hall–Kier alpha value is -2.74. The minimum absolute atomic E-state index is 0.0749. The molecule has 1 aliphatic rings. The highest BCUT2D eigenvalue weighted by Gasteiger charge is 2.35. The third-order valence-electron chi connectivity index (χ3n) is 5.09. The molecular formula is C23H30N2O5S. The van der Waals surface area contributed by atoms with E-state index in [9.17, 15) is 13.2 Å². The molecule has 31 heavy (non-hydrogen) atoms. The van der Waals surface area contributed by atoms with Gasteiger partial charge in [0.15, 0.2) is 6.10 Å². The van der Waals surface area contributed by atoms with Gasteiger partial charge in [0, 0.05) is 6.54 Å². The van der Waals surface area contributed by atoms with Crippen LogP contribution in [-0.2, 0) is 26.8 Å². The van der Waals surface area contributed by atoms with Crippen LogP contribution in [0.3, 0.4) is 0 Å². The molecule has 0 aliphatic carbocycles. The van der Waals surface area contributed by atoms with Gasteiger partial charge in [0.05, 0.1) is 25.1 Å². The molecule has 1 atom stereocenters. The maximum absolute atomic E-state index is 12.8. The molecule has 2 aromatic carbocycles. The fourth-order valence-electron chi connectivity index (χ4n) is 3.34. The van der Waals surface area contributed by atoms with Crippen LogP contribution in [0.25, 0.3) is 0 Å². The van der Waals surface area contributed by atoms with Crippen LogP contribution in [0.4, 0.5) is 5.69 Å². The topological polar surface area (TPSA) is 84.9 Å². The first-order chi connectivity index (χ1) is 14.5. The molecule has 0 radical (unpaired) electrons. The number of carbonyl (C=O) groups is 1. The van der Waals surface area contributed by atoms with E-state index in [0.29, 0.717) is 24.6 Å². The lowest BCUT2D eigenvalue weighted by molar-refractivity contribution is -0.127. The Morgan fingerprint density at radius 3 is 2.45 bits per heavy atom. The first-order valence-corrected chi connectivity index (χ1v) is 12.1. The second kappa shape index (κ2) is 8.78. The Bertz CT molecular complexity index is 1040. The number of anilines is 1. The lowest BCUT2D eigenvalue weighted by Gasteiger charge is -2.35. The highest BCUT2D eigenvalue weighted by molar-refractivity contribution is 7.92. The van der Waals surface area contributed by atoms with Gasteiger partial charge in [0.1, 0.15) is 11.5 Å². The van der Waals surface area contributed by atoms with Crippen molar-refractivity contribution >= 4 is 21.6 Å². The van der Waals surface area contributed by atoms with E-state index in [4.69, 9.17) is 9.47 Å². The van der Waals surface area contributed by atoms with Gasteiger partial charge in [0.25, 0.3) is 5.91 Å². The zero-order valence-electron chi connectivity index (χ0n) is 18.6. The van der Waals surface area contributed by atoms with E-state index >= 15 is 0 Å². The summed E-state index contributed by atoms with van der Waals surface area (Å²) < 4.78 is 37.5. The Labute approximate surface area is 184 Å². The molecule has 1 amide bonds. The largest absolute Gasteiger partial charge is 0.494 e. The van der Waals surface area contributed by atoms with E-state index in [1.165, 1.54) is 4.31 Å². The van der Waals surface area contributed by atoms with Crippen molar-refractivity contribution in [3.8, 4) is 11.5 Å². The maximum Gasteiger partial charge on any atom is 0.263 e. The predicted octanol–water partition coefficient (Wildman–Crippen LogP) is 3.23. The highest BCUT2D eigenvalue weighted by Crippen LogP contribution is 2.38. The number of carbonyl (C=O) groups excluding carboxylic acids is 1. The molecular weight excluding hydrogens is 416 g/mol. The molecule has 1 aliphatic heterocycles. The third kappa shape index (κ3) is 5.50. The third-order valence-corrected chi connectivity index (χ3v) is 6.23. The van der Waals surface area contributed by atoms with Crippen molar-refractivity contribution in [3.05, 3.63) is 53.6 Å². The number of ether oxygens (including phenoxy) is 2. The Morgan fingerprint density at radius 2 is 1.87 bits per heavy atom. The summed E-state index contributed by atoms with van der Waals surface area (Å²) in [6, 6.07) is 12.9. The molecule has 0 spiro atoms. The van der Waals surface area contributed by atoms with Gasteiger partial charge in [0.2, 0.25) is 10.0 Å². The van der Waals surface area contributed by atoms with Crippen LogP contribution >= 0.6 is 0 Å². The van der Waals surface area contributed by atoms with Gasteiger partial charge < -0.3 is 14.8 Å². The Morgan fingerprint density at radius 1 is 1.19 bits per heavy atom. The summed E-state index contributed by atoms with van der Waals surface area (Å²) in [5.74, 6) is 0.780. The number of rotatable bonds is 6.